The maximum absolute atomic E-state index is 13.1. The molecule has 6 nitrogen and oxygen atoms in total. The van der Waals surface area contributed by atoms with E-state index in [9.17, 15) is 14.4 Å². The summed E-state index contributed by atoms with van der Waals surface area (Å²) >= 11 is 0. The molecule has 2 aliphatic rings. The van der Waals surface area contributed by atoms with Gasteiger partial charge in [0.05, 0.1) is 0 Å². The molecule has 2 aliphatic heterocycles. The molecule has 1 aromatic carbocycles. The number of rotatable bonds is 4. The average molecular weight is 386 g/mol. The summed E-state index contributed by atoms with van der Waals surface area (Å²) in [7, 11) is 0. The zero-order chi connectivity index (χ0) is 20.6. The first kappa shape index (κ1) is 20.4. The maximum atomic E-state index is 13.1. The molecule has 28 heavy (non-hydrogen) atoms. The van der Waals surface area contributed by atoms with E-state index in [2.05, 4.69) is 19.2 Å². The van der Waals surface area contributed by atoms with E-state index >= 15 is 0 Å². The largest absolute Gasteiger partial charge is 0.336 e. The van der Waals surface area contributed by atoms with Gasteiger partial charge in [0.1, 0.15) is 12.1 Å². The number of carbonyl (C=O) groups is 3. The summed E-state index contributed by atoms with van der Waals surface area (Å²) in [6.07, 6.45) is 3.01. The van der Waals surface area contributed by atoms with Gasteiger partial charge in [-0.2, -0.15) is 0 Å². The Morgan fingerprint density at radius 1 is 1.14 bits per heavy atom. The lowest BCUT2D eigenvalue weighted by molar-refractivity contribution is -0.142. The van der Waals surface area contributed by atoms with Gasteiger partial charge in [-0.25, -0.2) is 4.79 Å². The number of hydrogen-bond donors (Lipinski definition) is 1. The quantitative estimate of drug-likeness (QED) is 0.808. The molecule has 1 aromatic rings. The highest BCUT2D eigenvalue weighted by Crippen LogP contribution is 2.30. The Morgan fingerprint density at radius 3 is 2.25 bits per heavy atom. The van der Waals surface area contributed by atoms with E-state index < -0.39 is 11.6 Å². The van der Waals surface area contributed by atoms with E-state index in [1.54, 1.807) is 6.92 Å². The first-order valence-corrected chi connectivity index (χ1v) is 10.2. The number of nitrogens with one attached hydrogen (secondary N) is 1. The van der Waals surface area contributed by atoms with Crippen molar-refractivity contribution < 1.29 is 14.4 Å². The lowest BCUT2D eigenvalue weighted by atomic mass is 9.90. The van der Waals surface area contributed by atoms with Crippen LogP contribution < -0.4 is 5.32 Å². The van der Waals surface area contributed by atoms with E-state index in [-0.39, 0.29) is 30.4 Å². The summed E-state index contributed by atoms with van der Waals surface area (Å²) in [5.74, 6) is -0.151. The smallest absolute Gasteiger partial charge is 0.325 e. The number of nitrogens with zero attached hydrogens (tertiary/aromatic N) is 2. The lowest BCUT2D eigenvalue weighted by Gasteiger charge is -2.39. The lowest BCUT2D eigenvalue weighted by Crippen LogP contribution is -2.52. The fourth-order valence-electron chi connectivity index (χ4n) is 4.37. The van der Waals surface area contributed by atoms with Crippen LogP contribution in [0.2, 0.25) is 0 Å². The van der Waals surface area contributed by atoms with Gasteiger partial charge in [0.25, 0.3) is 5.91 Å². The van der Waals surface area contributed by atoms with Crippen molar-refractivity contribution in [2.24, 2.45) is 0 Å². The van der Waals surface area contributed by atoms with E-state index in [0.29, 0.717) is 5.92 Å². The van der Waals surface area contributed by atoms with Crippen LogP contribution in [-0.4, -0.2) is 46.3 Å². The second kappa shape index (κ2) is 7.57. The Balaban J connectivity index is 1.78. The van der Waals surface area contributed by atoms with Crippen molar-refractivity contribution in [3.63, 3.8) is 0 Å². The van der Waals surface area contributed by atoms with Gasteiger partial charge in [0.2, 0.25) is 5.91 Å². The van der Waals surface area contributed by atoms with E-state index in [4.69, 9.17) is 0 Å². The Hall–Kier alpha value is -2.37. The predicted molar refractivity (Wildman–Crippen MR) is 108 cm³/mol. The Labute approximate surface area is 167 Å². The topological polar surface area (TPSA) is 69.7 Å². The average Bonchev–Trinajstić information content (AvgIpc) is 2.86. The number of piperidine rings is 1. The van der Waals surface area contributed by atoms with Crippen LogP contribution in [0.5, 0.6) is 0 Å². The van der Waals surface area contributed by atoms with Crippen molar-refractivity contribution >= 4 is 17.8 Å². The number of likely N-dealkylation sites (tertiary alicyclic amines) is 1. The summed E-state index contributed by atoms with van der Waals surface area (Å²) in [4.78, 5) is 41.4. The van der Waals surface area contributed by atoms with Crippen molar-refractivity contribution in [1.29, 1.82) is 0 Å². The summed E-state index contributed by atoms with van der Waals surface area (Å²) < 4.78 is 0. The first-order valence-electron chi connectivity index (χ1n) is 10.2. The molecule has 2 heterocycles. The molecule has 3 atom stereocenters. The molecule has 6 heteroatoms. The van der Waals surface area contributed by atoms with Crippen molar-refractivity contribution in [2.45, 2.75) is 77.4 Å². The van der Waals surface area contributed by atoms with Crippen molar-refractivity contribution in [3.8, 4) is 0 Å². The van der Waals surface area contributed by atoms with Crippen LogP contribution in [0, 0.1) is 0 Å². The molecule has 0 saturated carbocycles. The van der Waals surface area contributed by atoms with Crippen LogP contribution in [0.15, 0.2) is 24.3 Å². The van der Waals surface area contributed by atoms with Gasteiger partial charge in [-0.15, -0.1) is 0 Å². The molecule has 0 spiro atoms. The van der Waals surface area contributed by atoms with Gasteiger partial charge >= 0.3 is 6.03 Å². The second-order valence-corrected chi connectivity index (χ2v) is 8.65. The molecule has 152 valence electrons. The van der Waals surface area contributed by atoms with E-state index in [1.807, 2.05) is 43.0 Å². The summed E-state index contributed by atoms with van der Waals surface area (Å²) in [5, 5.41) is 2.79. The van der Waals surface area contributed by atoms with Gasteiger partial charge in [0, 0.05) is 12.1 Å². The van der Waals surface area contributed by atoms with Gasteiger partial charge in [-0.05, 0) is 57.1 Å². The molecule has 1 N–H and O–H groups in total. The number of hydrogen-bond acceptors (Lipinski definition) is 3. The van der Waals surface area contributed by atoms with Crippen LogP contribution in [0.3, 0.4) is 0 Å². The molecule has 2 fully saturated rings. The third-order valence-electron chi connectivity index (χ3n) is 6.20. The first-order chi connectivity index (χ1) is 13.1. The third-order valence-corrected chi connectivity index (χ3v) is 6.20. The highest BCUT2D eigenvalue weighted by molar-refractivity contribution is 6.09. The van der Waals surface area contributed by atoms with Crippen LogP contribution in [0.1, 0.15) is 70.9 Å². The van der Waals surface area contributed by atoms with E-state index in [1.165, 1.54) is 5.56 Å². The Kier molecular flexibility index (Phi) is 5.50. The van der Waals surface area contributed by atoms with Gasteiger partial charge in [-0.1, -0.05) is 38.1 Å². The number of urea groups is 1. The molecule has 0 aliphatic carbocycles. The van der Waals surface area contributed by atoms with Crippen molar-refractivity contribution in [2.75, 3.05) is 6.54 Å². The number of carbonyl (C=O) groups excluding carboxylic acids is 3. The SMILES string of the molecule is CC(C)c1ccc(C2(C)NC(=O)N(CC(=O)N3C(C)CCCC3C)C2=O)cc1. The highest BCUT2D eigenvalue weighted by atomic mass is 16.2. The zero-order valence-corrected chi connectivity index (χ0v) is 17.5. The minimum Gasteiger partial charge on any atom is -0.336 e. The molecule has 2 saturated heterocycles. The van der Waals surface area contributed by atoms with Gasteiger partial charge in [-0.3, -0.25) is 14.5 Å². The highest BCUT2D eigenvalue weighted by Gasteiger charge is 2.50. The molecule has 3 rings (SSSR count). The molecule has 0 bridgehead atoms. The van der Waals surface area contributed by atoms with Crippen LogP contribution in [0.4, 0.5) is 4.79 Å². The molecule has 3 unspecified atom stereocenters. The molecule has 4 amide bonds. The van der Waals surface area contributed by atoms with Crippen molar-refractivity contribution in [3.05, 3.63) is 35.4 Å². The molecule has 0 aromatic heterocycles. The predicted octanol–water partition coefficient (Wildman–Crippen LogP) is 3.37. The Morgan fingerprint density at radius 2 is 1.71 bits per heavy atom. The standard InChI is InChI=1S/C22H31N3O3/c1-14(2)17-9-11-18(12-10-17)22(5)20(27)24(21(28)23-22)13-19(26)25-15(3)7-6-8-16(25)4/h9-12,14-16H,6-8,13H2,1-5H3,(H,23,28). The van der Waals surface area contributed by atoms with E-state index in [0.717, 1.165) is 29.7 Å². The summed E-state index contributed by atoms with van der Waals surface area (Å²) in [6.45, 7) is 9.76. The minimum atomic E-state index is -1.15. The maximum Gasteiger partial charge on any atom is 0.325 e. The second-order valence-electron chi connectivity index (χ2n) is 8.65. The minimum absolute atomic E-state index is 0.131. The number of amides is 4. The number of imide groups is 1. The molecule has 0 radical (unpaired) electrons. The third kappa shape index (κ3) is 3.52. The summed E-state index contributed by atoms with van der Waals surface area (Å²) in [6, 6.07) is 7.48. The van der Waals surface area contributed by atoms with Crippen molar-refractivity contribution in [1.82, 2.24) is 15.1 Å². The zero-order valence-electron chi connectivity index (χ0n) is 17.5. The van der Waals surface area contributed by atoms with Gasteiger partial charge in [0.15, 0.2) is 0 Å². The van der Waals surface area contributed by atoms with Gasteiger partial charge < -0.3 is 10.2 Å². The molecular formula is C22H31N3O3. The Bertz CT molecular complexity index is 764. The monoisotopic (exact) mass is 385 g/mol. The summed E-state index contributed by atoms with van der Waals surface area (Å²) in [5.41, 5.74) is 0.751. The fourth-order valence-corrected chi connectivity index (χ4v) is 4.37. The fraction of sp³-hybridized carbons (Fsp3) is 0.591. The van der Waals surface area contributed by atoms with Crippen LogP contribution >= 0.6 is 0 Å². The van der Waals surface area contributed by atoms with Crippen LogP contribution in [-0.2, 0) is 15.1 Å². The number of benzene rings is 1. The van der Waals surface area contributed by atoms with Crippen LogP contribution in [0.25, 0.3) is 0 Å². The molecular weight excluding hydrogens is 354 g/mol. The normalized spacial score (nSPS) is 28.1.